The summed E-state index contributed by atoms with van der Waals surface area (Å²) in [6, 6.07) is 0. The van der Waals surface area contributed by atoms with E-state index in [2.05, 4.69) is 19.9 Å². The number of hydrogen-bond acceptors (Lipinski definition) is 1. The first kappa shape index (κ1) is 14.8. The summed E-state index contributed by atoms with van der Waals surface area (Å²) in [7, 11) is 0. The Morgan fingerprint density at radius 2 is 2.12 bits per heavy atom. The molecule has 0 bridgehead atoms. The van der Waals surface area contributed by atoms with Gasteiger partial charge >= 0.3 is 0 Å². The lowest BCUT2D eigenvalue weighted by Gasteiger charge is -2.22. The van der Waals surface area contributed by atoms with Crippen LogP contribution in [0.1, 0.15) is 78.1 Å². The molecule has 0 spiro atoms. The van der Waals surface area contributed by atoms with E-state index in [9.17, 15) is 0 Å². The first-order chi connectivity index (χ1) is 8.33. The van der Waals surface area contributed by atoms with Crippen LogP contribution < -0.4 is 0 Å². The van der Waals surface area contributed by atoms with Gasteiger partial charge < -0.3 is 4.74 Å². The van der Waals surface area contributed by atoms with Gasteiger partial charge in [0.2, 0.25) is 0 Å². The summed E-state index contributed by atoms with van der Waals surface area (Å²) in [5, 5.41) is 0. The Morgan fingerprint density at radius 1 is 1.24 bits per heavy atom. The maximum Gasteiger partial charge on any atom is 0.0575 e. The molecule has 17 heavy (non-hydrogen) atoms. The summed E-state index contributed by atoms with van der Waals surface area (Å²) in [4.78, 5) is 0. The molecule has 0 aromatic carbocycles. The van der Waals surface area contributed by atoms with E-state index in [1.807, 2.05) is 0 Å². The Kier molecular flexibility index (Phi) is 8.42. The Morgan fingerprint density at radius 3 is 2.82 bits per heavy atom. The van der Waals surface area contributed by atoms with Crippen molar-refractivity contribution in [2.45, 2.75) is 84.2 Å². The summed E-state index contributed by atoms with van der Waals surface area (Å²) in [6.07, 6.45) is 16.1. The van der Waals surface area contributed by atoms with E-state index in [-0.39, 0.29) is 0 Å². The van der Waals surface area contributed by atoms with Gasteiger partial charge in [-0.25, -0.2) is 0 Å². The zero-order valence-corrected chi connectivity index (χ0v) is 11.8. The average molecular weight is 238 g/mol. The fourth-order valence-electron chi connectivity index (χ4n) is 2.48. The second-order valence-corrected chi connectivity index (χ2v) is 5.43. The highest BCUT2D eigenvalue weighted by Crippen LogP contribution is 2.18. The van der Waals surface area contributed by atoms with Crippen LogP contribution in [0.25, 0.3) is 0 Å². The van der Waals surface area contributed by atoms with E-state index in [0.717, 1.165) is 6.61 Å². The molecular weight excluding hydrogens is 208 g/mol. The molecular formula is C16H30O. The minimum absolute atomic E-state index is 0.567. The Labute approximate surface area is 108 Å². The van der Waals surface area contributed by atoms with Gasteiger partial charge in [-0.1, -0.05) is 31.4 Å². The molecule has 0 radical (unpaired) electrons. The quantitative estimate of drug-likeness (QED) is 0.414. The first-order valence-corrected chi connectivity index (χ1v) is 7.60. The van der Waals surface area contributed by atoms with Crippen molar-refractivity contribution in [3.63, 3.8) is 0 Å². The molecule has 100 valence electrons. The van der Waals surface area contributed by atoms with Crippen LogP contribution in [-0.2, 0) is 4.74 Å². The van der Waals surface area contributed by atoms with Crippen LogP contribution in [0.4, 0.5) is 0 Å². The van der Waals surface area contributed by atoms with E-state index >= 15 is 0 Å². The molecule has 1 nitrogen and oxygen atoms in total. The van der Waals surface area contributed by atoms with Crippen molar-refractivity contribution in [1.29, 1.82) is 0 Å². The van der Waals surface area contributed by atoms with Gasteiger partial charge in [0.05, 0.1) is 6.10 Å². The SMILES string of the molecule is CCCCC/C(C)=C/CCCC1CCCCO1. The number of unbranched alkanes of at least 4 members (excludes halogenated alkanes) is 3. The first-order valence-electron chi connectivity index (χ1n) is 7.60. The van der Waals surface area contributed by atoms with Gasteiger partial charge in [0.15, 0.2) is 0 Å². The standard InChI is InChI=1S/C16H30O/c1-3-4-5-10-15(2)11-6-7-12-16-13-8-9-14-17-16/h11,16H,3-10,12-14H2,1-2H3/b15-11+. The summed E-state index contributed by atoms with van der Waals surface area (Å²) >= 11 is 0. The van der Waals surface area contributed by atoms with Crippen LogP contribution in [-0.4, -0.2) is 12.7 Å². The maximum absolute atomic E-state index is 5.74. The number of rotatable bonds is 8. The Hall–Kier alpha value is -0.300. The molecule has 0 aromatic rings. The lowest BCUT2D eigenvalue weighted by atomic mass is 10.0. The monoisotopic (exact) mass is 238 g/mol. The molecule has 0 saturated carbocycles. The molecule has 1 unspecified atom stereocenters. The fraction of sp³-hybridized carbons (Fsp3) is 0.875. The summed E-state index contributed by atoms with van der Waals surface area (Å²) in [6.45, 7) is 5.55. The van der Waals surface area contributed by atoms with Crippen molar-refractivity contribution in [2.24, 2.45) is 0 Å². The second kappa shape index (κ2) is 9.70. The van der Waals surface area contributed by atoms with Crippen LogP contribution in [0.2, 0.25) is 0 Å². The summed E-state index contributed by atoms with van der Waals surface area (Å²) < 4.78 is 5.74. The normalized spacial score (nSPS) is 21.8. The van der Waals surface area contributed by atoms with Crippen LogP contribution in [0, 0.1) is 0 Å². The topological polar surface area (TPSA) is 9.23 Å². The third kappa shape index (κ3) is 7.59. The minimum atomic E-state index is 0.567. The second-order valence-electron chi connectivity index (χ2n) is 5.43. The highest BCUT2D eigenvalue weighted by atomic mass is 16.5. The van der Waals surface area contributed by atoms with Gasteiger partial charge in [0.25, 0.3) is 0 Å². The van der Waals surface area contributed by atoms with Gasteiger partial charge in [0.1, 0.15) is 0 Å². The van der Waals surface area contributed by atoms with Crippen molar-refractivity contribution >= 4 is 0 Å². The number of ether oxygens (including phenoxy) is 1. The largest absolute Gasteiger partial charge is 0.378 e. The molecule has 0 N–H and O–H groups in total. The van der Waals surface area contributed by atoms with Gasteiger partial charge in [-0.3, -0.25) is 0 Å². The van der Waals surface area contributed by atoms with Crippen molar-refractivity contribution in [2.75, 3.05) is 6.61 Å². The minimum Gasteiger partial charge on any atom is -0.378 e. The van der Waals surface area contributed by atoms with Gasteiger partial charge in [-0.15, -0.1) is 0 Å². The number of allylic oxidation sites excluding steroid dienone is 2. The molecule has 1 aliphatic rings. The molecule has 0 aliphatic carbocycles. The Balaban J connectivity index is 1.99. The zero-order chi connectivity index (χ0) is 12.3. The van der Waals surface area contributed by atoms with Crippen molar-refractivity contribution in [3.8, 4) is 0 Å². The Bertz CT molecular complexity index is 202. The highest BCUT2D eigenvalue weighted by molar-refractivity contribution is 4.97. The van der Waals surface area contributed by atoms with Crippen molar-refractivity contribution in [1.82, 2.24) is 0 Å². The molecule has 1 heterocycles. The van der Waals surface area contributed by atoms with Crippen LogP contribution in [0.15, 0.2) is 11.6 Å². The van der Waals surface area contributed by atoms with E-state index in [1.54, 1.807) is 5.57 Å². The third-order valence-electron chi connectivity index (χ3n) is 3.67. The van der Waals surface area contributed by atoms with Crippen molar-refractivity contribution < 1.29 is 4.74 Å². The molecule has 1 aliphatic heterocycles. The zero-order valence-electron chi connectivity index (χ0n) is 11.8. The predicted molar refractivity (Wildman–Crippen MR) is 75.3 cm³/mol. The lowest BCUT2D eigenvalue weighted by Crippen LogP contribution is -2.18. The summed E-state index contributed by atoms with van der Waals surface area (Å²) in [5.74, 6) is 0. The van der Waals surface area contributed by atoms with Gasteiger partial charge in [0, 0.05) is 6.61 Å². The fourth-order valence-corrected chi connectivity index (χ4v) is 2.48. The molecule has 1 rings (SSSR count). The molecule has 0 amide bonds. The summed E-state index contributed by atoms with van der Waals surface area (Å²) in [5.41, 5.74) is 1.59. The molecule has 1 saturated heterocycles. The lowest BCUT2D eigenvalue weighted by molar-refractivity contribution is 0.0103. The van der Waals surface area contributed by atoms with Crippen LogP contribution in [0.5, 0.6) is 0 Å². The third-order valence-corrected chi connectivity index (χ3v) is 3.67. The molecule has 1 fully saturated rings. The number of hydrogen-bond donors (Lipinski definition) is 0. The van der Waals surface area contributed by atoms with E-state index < -0.39 is 0 Å². The highest BCUT2D eigenvalue weighted by Gasteiger charge is 2.12. The maximum atomic E-state index is 5.74. The van der Waals surface area contributed by atoms with E-state index in [4.69, 9.17) is 4.74 Å². The van der Waals surface area contributed by atoms with Gasteiger partial charge in [-0.2, -0.15) is 0 Å². The average Bonchev–Trinajstić information content (AvgIpc) is 2.36. The smallest absolute Gasteiger partial charge is 0.0575 e. The van der Waals surface area contributed by atoms with E-state index in [0.29, 0.717) is 6.10 Å². The van der Waals surface area contributed by atoms with Crippen molar-refractivity contribution in [3.05, 3.63) is 11.6 Å². The van der Waals surface area contributed by atoms with Gasteiger partial charge in [-0.05, 0) is 58.3 Å². The molecule has 0 aromatic heterocycles. The van der Waals surface area contributed by atoms with Crippen LogP contribution in [0.3, 0.4) is 0 Å². The molecule has 1 atom stereocenters. The van der Waals surface area contributed by atoms with E-state index in [1.165, 1.54) is 64.2 Å². The van der Waals surface area contributed by atoms with Crippen LogP contribution >= 0.6 is 0 Å². The molecule has 1 heteroatoms. The predicted octanol–water partition coefficient (Wildman–Crippen LogP) is 5.25.